The molecule has 1 aromatic heterocycles. The maximum atomic E-state index is 8.75. The van der Waals surface area contributed by atoms with Crippen molar-refractivity contribution in [3.63, 3.8) is 0 Å². The Balaban J connectivity index is 0. The third-order valence-electron chi connectivity index (χ3n) is 1.41. The highest BCUT2D eigenvalue weighted by molar-refractivity contribution is 5.09. The van der Waals surface area contributed by atoms with Crippen LogP contribution in [-0.4, -0.2) is 25.6 Å². The zero-order valence-corrected chi connectivity index (χ0v) is 7.56. The fourth-order valence-corrected chi connectivity index (χ4v) is 0.795. The second-order valence-electron chi connectivity index (χ2n) is 2.58. The summed E-state index contributed by atoms with van der Waals surface area (Å²) in [5.74, 6) is 0.544. The summed E-state index contributed by atoms with van der Waals surface area (Å²) < 4.78 is 18.2. The van der Waals surface area contributed by atoms with E-state index in [4.69, 9.17) is 21.8 Å². The molecule has 2 N–H and O–H groups in total. The highest BCUT2D eigenvalue weighted by Crippen LogP contribution is 2.02. The van der Waals surface area contributed by atoms with Crippen molar-refractivity contribution >= 4 is 0 Å². The topological polar surface area (TPSA) is 52.5 Å². The Morgan fingerprint density at radius 1 is 1.67 bits per heavy atom. The van der Waals surface area contributed by atoms with Gasteiger partial charge in [-0.15, -0.1) is 0 Å². The minimum Gasteiger partial charge on any atom is -0.476 e. The van der Waals surface area contributed by atoms with Gasteiger partial charge in [0.25, 0.3) is 1.45 Å². The van der Waals surface area contributed by atoms with Crippen LogP contribution in [0.15, 0.2) is 24.4 Å². The quantitative estimate of drug-likeness (QED) is 0.774. The molecule has 1 aromatic rings. The van der Waals surface area contributed by atoms with Crippen molar-refractivity contribution in [3.8, 4) is 5.88 Å². The van der Waals surface area contributed by atoms with E-state index >= 15 is 0 Å². The van der Waals surface area contributed by atoms with Gasteiger partial charge in [-0.3, -0.25) is 4.72 Å². The van der Waals surface area contributed by atoms with Crippen LogP contribution >= 0.6 is 0 Å². The zero-order valence-electron chi connectivity index (χ0n) is 8.56. The van der Waals surface area contributed by atoms with Crippen LogP contribution in [0.5, 0.6) is 5.88 Å². The average molecular weight is 215 g/mol. The number of hydrogen-bond acceptors (Lipinski definition) is 3. The molecule has 15 heavy (non-hydrogen) atoms. The molecule has 0 radical (unpaired) electrons. The number of halogens is 1. The average Bonchev–Trinajstić information content (AvgIpc) is 2.31. The van der Waals surface area contributed by atoms with E-state index in [1.807, 2.05) is 12.1 Å². The van der Waals surface area contributed by atoms with Crippen LogP contribution in [0.3, 0.4) is 0 Å². The minimum absolute atomic E-state index is 0. The number of nitrogens with two attached hydrogens (primary N) is 1. The Hall–Kier alpha value is -1.67. The number of ether oxygens (including phenoxy) is 1. The largest absolute Gasteiger partial charge is 0.476 e. The van der Waals surface area contributed by atoms with Crippen molar-refractivity contribution in [3.05, 3.63) is 35.8 Å². The fraction of sp³-hybridized carbons (Fsp3) is 0.400. The highest BCUT2D eigenvalue weighted by Gasteiger charge is 2.05. The Morgan fingerprint density at radius 2 is 2.40 bits per heavy atom. The predicted molar refractivity (Wildman–Crippen MR) is 58.4 cm³/mol. The molecule has 1 atom stereocenters. The zero-order chi connectivity index (χ0) is 11.5. The Kier molecular flexibility index (Phi) is 7.92. The summed E-state index contributed by atoms with van der Waals surface area (Å²) in [5.41, 5.74) is 5.57. The molecule has 0 aliphatic rings. The van der Waals surface area contributed by atoms with Gasteiger partial charge in [-0.25, -0.2) is 11.6 Å². The minimum atomic E-state index is -0.237. The first kappa shape index (κ1) is 13.3. The number of hydrogen-bond donors (Lipinski definition) is 1. The van der Waals surface area contributed by atoms with Crippen LogP contribution < -0.4 is 10.5 Å². The van der Waals surface area contributed by atoms with Crippen molar-refractivity contribution in [1.82, 2.24) is 4.98 Å². The molecule has 0 aliphatic heterocycles. The second kappa shape index (κ2) is 8.91. The first-order valence-corrected chi connectivity index (χ1v) is 3.95. The van der Waals surface area contributed by atoms with Gasteiger partial charge in [-0.1, -0.05) is 13.5 Å². The van der Waals surface area contributed by atoms with Crippen LogP contribution in [-0.2, 0) is 0 Å². The monoisotopic (exact) mass is 215 g/mol. The fourth-order valence-electron chi connectivity index (χ4n) is 0.795. The van der Waals surface area contributed by atoms with Crippen LogP contribution in [0, 0.1) is 6.57 Å². The summed E-state index contributed by atoms with van der Waals surface area (Å²) in [6, 6.07) is 5.17. The van der Waals surface area contributed by atoms with E-state index in [2.05, 4.69) is 11.3 Å². The summed E-state index contributed by atoms with van der Waals surface area (Å²) >= 11 is 0. The van der Waals surface area contributed by atoms with Crippen molar-refractivity contribution in [2.24, 2.45) is 5.73 Å². The van der Waals surface area contributed by atoms with Crippen molar-refractivity contribution in [2.45, 2.75) is 13.5 Å². The number of nitrogens with zero attached hydrogens (tertiary/aromatic N) is 2. The normalized spacial score (nSPS) is 10.6. The standard InChI is InChI=1S/C9H11N3O.CH4.FH/c1-11-6-8(10)7-13-9-4-2-3-5-12-9;;/h2-5,8H,6-7,10H2;1H4;1H/t8-;;/m1../s1/i/hT. The molecule has 0 saturated carbocycles. The molecule has 0 bridgehead atoms. The van der Waals surface area contributed by atoms with E-state index in [0.717, 1.165) is 0 Å². The lowest BCUT2D eigenvalue weighted by atomic mass is 10.3. The molecular weight excluding hydrogens is 197 g/mol. The lowest BCUT2D eigenvalue weighted by Crippen LogP contribution is -2.30. The number of aromatic nitrogens is 1. The summed E-state index contributed by atoms with van der Waals surface area (Å²) in [7, 11) is 0. The summed E-state index contributed by atoms with van der Waals surface area (Å²) in [6.45, 7) is 7.21. The van der Waals surface area contributed by atoms with Gasteiger partial charge in [0.2, 0.25) is 12.4 Å². The third-order valence-corrected chi connectivity index (χ3v) is 1.41. The van der Waals surface area contributed by atoms with E-state index in [1.54, 1.807) is 12.3 Å². The lowest BCUT2D eigenvalue weighted by Gasteiger charge is -2.06. The van der Waals surface area contributed by atoms with Crippen LogP contribution in [0.25, 0.3) is 4.85 Å². The molecule has 0 unspecified atom stereocenters. The van der Waals surface area contributed by atoms with Crippen molar-refractivity contribution < 1.29 is 9.45 Å². The van der Waals surface area contributed by atoms with Crippen LogP contribution in [0.2, 0.25) is 0 Å². The van der Waals surface area contributed by atoms with E-state index in [1.165, 1.54) is 0 Å². The molecule has 1 rings (SSSR count). The molecule has 84 valence electrons. The van der Waals surface area contributed by atoms with Crippen LogP contribution in [0.1, 0.15) is 7.43 Å². The maximum absolute atomic E-state index is 8.75. The molecule has 4 nitrogen and oxygen atoms in total. The van der Waals surface area contributed by atoms with E-state index < -0.39 is 0 Å². The predicted octanol–water partition coefficient (Wildman–Crippen LogP) is 1.50. The molecule has 0 fully saturated rings. The molecule has 0 amide bonds. The molecule has 5 heteroatoms. The third kappa shape index (κ3) is 6.41. The van der Waals surface area contributed by atoms with Crippen molar-refractivity contribution in [2.75, 3.05) is 13.2 Å². The van der Waals surface area contributed by atoms with Gasteiger partial charge >= 0.3 is 0 Å². The van der Waals surface area contributed by atoms with Gasteiger partial charge in [-0.2, -0.15) is 0 Å². The SMILES string of the molecule is C.[3H]F.[C-]#[N+]C[C@@H](N)COc1ccccn1. The lowest BCUT2D eigenvalue weighted by molar-refractivity contribution is 0.284. The molecule has 0 spiro atoms. The van der Waals surface area contributed by atoms with Gasteiger partial charge in [-0.05, 0) is 6.07 Å². The van der Waals surface area contributed by atoms with E-state index in [-0.39, 0.29) is 20.0 Å². The number of rotatable bonds is 4. The van der Waals surface area contributed by atoms with Gasteiger partial charge in [0.1, 0.15) is 12.6 Å². The molecular formula is C10H16FN3O. The molecule has 1 heterocycles. The van der Waals surface area contributed by atoms with Gasteiger partial charge in [0.05, 0.1) is 0 Å². The summed E-state index contributed by atoms with van der Waals surface area (Å²) in [5, 5.41) is 0. The van der Waals surface area contributed by atoms with Gasteiger partial charge in [0.15, 0.2) is 0 Å². The summed E-state index contributed by atoms with van der Waals surface area (Å²) in [4.78, 5) is 7.13. The van der Waals surface area contributed by atoms with E-state index in [9.17, 15) is 0 Å². The molecule has 0 aromatic carbocycles. The Labute approximate surface area is 90.8 Å². The highest BCUT2D eigenvalue weighted by atomic mass is 19.0. The molecule has 0 saturated heterocycles. The van der Waals surface area contributed by atoms with Crippen molar-refractivity contribution in [1.29, 1.82) is 1.45 Å². The van der Waals surface area contributed by atoms with Crippen LogP contribution in [0.4, 0.5) is 4.72 Å². The Morgan fingerprint density at radius 3 is 2.93 bits per heavy atom. The smallest absolute Gasteiger partial charge is 0.269 e. The first-order valence-electron chi connectivity index (χ1n) is 4.33. The van der Waals surface area contributed by atoms with Gasteiger partial charge in [0, 0.05) is 12.3 Å². The summed E-state index contributed by atoms with van der Waals surface area (Å²) in [6.07, 6.45) is 1.65. The maximum Gasteiger partial charge on any atom is 0.269 e. The van der Waals surface area contributed by atoms with Gasteiger partial charge < -0.3 is 15.3 Å². The molecule has 0 aliphatic carbocycles. The van der Waals surface area contributed by atoms with E-state index in [0.29, 0.717) is 12.5 Å². The first-order chi connectivity index (χ1) is 7.33. The Bertz CT molecular complexity index is 292. The second-order valence-corrected chi connectivity index (χ2v) is 2.58. The number of pyridine rings is 1.